The number of carbonyl (C=O) groups excluding carboxylic acids is 2. The summed E-state index contributed by atoms with van der Waals surface area (Å²) in [6.45, 7) is 4.87. The molecule has 1 aromatic carbocycles. The molecule has 8 nitrogen and oxygen atoms in total. The molecule has 0 bridgehead atoms. The van der Waals surface area contributed by atoms with Crippen LogP contribution in [0.3, 0.4) is 0 Å². The van der Waals surface area contributed by atoms with Gasteiger partial charge in [0.1, 0.15) is 11.5 Å². The van der Waals surface area contributed by atoms with Gasteiger partial charge in [0.15, 0.2) is 0 Å². The quantitative estimate of drug-likeness (QED) is 0.325. The van der Waals surface area contributed by atoms with Gasteiger partial charge in [-0.2, -0.15) is 0 Å². The summed E-state index contributed by atoms with van der Waals surface area (Å²) in [6, 6.07) is 6.00. The van der Waals surface area contributed by atoms with Crippen molar-refractivity contribution in [2.75, 3.05) is 25.5 Å². The van der Waals surface area contributed by atoms with Gasteiger partial charge in [-0.05, 0) is 24.1 Å². The molecule has 0 fully saturated rings. The van der Waals surface area contributed by atoms with Crippen LogP contribution in [0.25, 0.3) is 6.08 Å². The zero-order valence-electron chi connectivity index (χ0n) is 16.2. The second-order valence-corrected chi connectivity index (χ2v) is 7.76. The van der Waals surface area contributed by atoms with Gasteiger partial charge in [0.25, 0.3) is 5.69 Å². The number of esters is 1. The molecule has 0 saturated heterocycles. The van der Waals surface area contributed by atoms with E-state index in [9.17, 15) is 19.7 Å². The van der Waals surface area contributed by atoms with Crippen LogP contribution >= 0.6 is 11.3 Å². The van der Waals surface area contributed by atoms with E-state index in [1.54, 1.807) is 12.1 Å². The molecule has 2 aromatic rings. The zero-order chi connectivity index (χ0) is 21.0. The molecule has 1 amide bonds. The fourth-order valence-corrected chi connectivity index (χ4v) is 4.62. The Balaban J connectivity index is 1.81. The van der Waals surface area contributed by atoms with Gasteiger partial charge >= 0.3 is 5.97 Å². The van der Waals surface area contributed by atoms with E-state index >= 15 is 0 Å². The summed E-state index contributed by atoms with van der Waals surface area (Å²) in [7, 11) is 1.33. The van der Waals surface area contributed by atoms with Gasteiger partial charge in [0.05, 0.1) is 35.6 Å². The number of nitro benzene ring substituents is 1. The van der Waals surface area contributed by atoms with Crippen molar-refractivity contribution in [1.82, 2.24) is 0 Å². The van der Waals surface area contributed by atoms with Crippen molar-refractivity contribution < 1.29 is 24.1 Å². The predicted octanol–water partition coefficient (Wildman–Crippen LogP) is 2.06. The number of methoxy groups -OCH3 is 1. The maximum atomic E-state index is 12.4. The third-order valence-corrected chi connectivity index (χ3v) is 6.01. The van der Waals surface area contributed by atoms with Crippen LogP contribution in [-0.4, -0.2) is 37.0 Å². The number of carbonyl (C=O) groups is 2. The number of hydrogen-bond acceptors (Lipinski definition) is 6. The second-order valence-electron chi connectivity index (χ2n) is 6.65. The number of amides is 1. The van der Waals surface area contributed by atoms with Gasteiger partial charge in [0.2, 0.25) is 5.91 Å². The first-order valence-electron chi connectivity index (χ1n) is 9.22. The lowest BCUT2D eigenvalue weighted by Gasteiger charge is -2.22. The third kappa shape index (κ3) is 4.69. The number of nitrogens with one attached hydrogen (secondary N) is 2. The molecule has 1 aliphatic heterocycles. The molecule has 152 valence electrons. The van der Waals surface area contributed by atoms with Gasteiger partial charge in [-0.1, -0.05) is 12.1 Å². The standard InChI is InChI=1S/C20H21N3O5S/c1-3-22-10-9-15-16(12-22)29-19(18(15)20(25)28-2)21-17(24)8-7-13-5-4-6-14(11-13)23(26)27/h4-8,11H,3,9-10,12H2,1-2H3,(H,21,24)/p+1/b8-7-. The molecule has 1 atom stereocenters. The molecule has 1 aromatic heterocycles. The number of thiophene rings is 1. The highest BCUT2D eigenvalue weighted by atomic mass is 32.1. The lowest BCUT2D eigenvalue weighted by molar-refractivity contribution is -0.913. The van der Waals surface area contributed by atoms with E-state index in [4.69, 9.17) is 4.74 Å². The van der Waals surface area contributed by atoms with Gasteiger partial charge in [0, 0.05) is 24.6 Å². The van der Waals surface area contributed by atoms with Crippen molar-refractivity contribution in [2.24, 2.45) is 0 Å². The number of rotatable bonds is 6. The van der Waals surface area contributed by atoms with Gasteiger partial charge in [-0.15, -0.1) is 11.3 Å². The second kappa shape index (κ2) is 8.97. The van der Waals surface area contributed by atoms with Gasteiger partial charge in [-0.25, -0.2) is 4.79 Å². The normalized spacial score (nSPS) is 15.7. The van der Waals surface area contributed by atoms with Crippen molar-refractivity contribution in [3.63, 3.8) is 0 Å². The average Bonchev–Trinajstić information content (AvgIpc) is 3.08. The summed E-state index contributed by atoms with van der Waals surface area (Å²) < 4.78 is 4.93. The van der Waals surface area contributed by atoms with Crippen LogP contribution in [-0.2, 0) is 22.5 Å². The number of likely N-dealkylation sites (N-methyl/N-ethyl adjacent to an activating group) is 1. The number of quaternary nitrogens is 1. The monoisotopic (exact) mass is 416 g/mol. The van der Waals surface area contributed by atoms with Crippen molar-refractivity contribution >= 4 is 40.0 Å². The van der Waals surface area contributed by atoms with E-state index in [1.165, 1.54) is 47.6 Å². The number of hydrogen-bond donors (Lipinski definition) is 2. The van der Waals surface area contributed by atoms with E-state index in [0.29, 0.717) is 16.1 Å². The van der Waals surface area contributed by atoms with E-state index in [0.717, 1.165) is 36.5 Å². The van der Waals surface area contributed by atoms with Crippen LogP contribution in [0.5, 0.6) is 0 Å². The van der Waals surface area contributed by atoms with Crippen molar-refractivity contribution in [3.8, 4) is 0 Å². The highest BCUT2D eigenvalue weighted by Crippen LogP contribution is 2.35. The molecule has 2 N–H and O–H groups in total. The number of ether oxygens (including phenoxy) is 1. The van der Waals surface area contributed by atoms with Gasteiger partial charge in [-0.3, -0.25) is 14.9 Å². The first-order chi connectivity index (χ1) is 13.9. The summed E-state index contributed by atoms with van der Waals surface area (Å²) >= 11 is 1.40. The smallest absolute Gasteiger partial charge is 0.341 e. The minimum absolute atomic E-state index is 0.0468. The van der Waals surface area contributed by atoms with E-state index < -0.39 is 16.8 Å². The fraction of sp³-hybridized carbons (Fsp3) is 0.300. The molecule has 0 saturated carbocycles. The molecule has 2 heterocycles. The molecule has 0 radical (unpaired) electrons. The Morgan fingerprint density at radius 2 is 2.21 bits per heavy atom. The maximum absolute atomic E-state index is 12.4. The van der Waals surface area contributed by atoms with Crippen LogP contribution in [0.4, 0.5) is 10.7 Å². The minimum atomic E-state index is -0.488. The molecule has 9 heteroatoms. The van der Waals surface area contributed by atoms with E-state index in [-0.39, 0.29) is 5.69 Å². The van der Waals surface area contributed by atoms with E-state index in [1.807, 2.05) is 0 Å². The first kappa shape index (κ1) is 20.7. The molecule has 3 rings (SSSR count). The minimum Gasteiger partial charge on any atom is -0.465 e. The summed E-state index contributed by atoms with van der Waals surface area (Å²) in [4.78, 5) is 37.6. The number of fused-ring (bicyclic) bond motifs is 1. The Kier molecular flexibility index (Phi) is 6.40. The van der Waals surface area contributed by atoms with Crippen molar-refractivity contribution in [3.05, 3.63) is 62.0 Å². The van der Waals surface area contributed by atoms with Crippen LogP contribution in [0, 0.1) is 10.1 Å². The maximum Gasteiger partial charge on any atom is 0.341 e. The van der Waals surface area contributed by atoms with Crippen LogP contribution in [0.1, 0.15) is 33.3 Å². The molecule has 1 aliphatic rings. The van der Waals surface area contributed by atoms with Crippen molar-refractivity contribution in [1.29, 1.82) is 0 Å². The Hall–Kier alpha value is -3.04. The molecular weight excluding hydrogens is 394 g/mol. The number of non-ortho nitro benzene ring substituents is 1. The van der Waals surface area contributed by atoms with Crippen LogP contribution in [0.15, 0.2) is 30.3 Å². The Morgan fingerprint density at radius 3 is 2.90 bits per heavy atom. The number of nitro groups is 1. The Bertz CT molecular complexity index is 982. The molecule has 29 heavy (non-hydrogen) atoms. The molecule has 1 unspecified atom stereocenters. The first-order valence-corrected chi connectivity index (χ1v) is 10.0. The third-order valence-electron chi connectivity index (χ3n) is 4.86. The van der Waals surface area contributed by atoms with Crippen molar-refractivity contribution in [2.45, 2.75) is 19.9 Å². The molecule has 0 aliphatic carbocycles. The Morgan fingerprint density at radius 1 is 1.41 bits per heavy atom. The SMILES string of the molecule is CC[NH+]1CCc2c(sc(NC(=O)/C=C\c3cccc([N+](=O)[O-])c3)c2C(=O)OC)C1. The molecule has 0 spiro atoms. The number of anilines is 1. The number of nitrogens with zero attached hydrogens (tertiary/aromatic N) is 1. The fourth-order valence-electron chi connectivity index (χ4n) is 3.31. The zero-order valence-corrected chi connectivity index (χ0v) is 17.0. The highest BCUT2D eigenvalue weighted by molar-refractivity contribution is 7.17. The van der Waals surface area contributed by atoms with Crippen LogP contribution in [0.2, 0.25) is 0 Å². The largest absolute Gasteiger partial charge is 0.465 e. The summed E-state index contributed by atoms with van der Waals surface area (Å²) in [6.07, 6.45) is 3.55. The lowest BCUT2D eigenvalue weighted by atomic mass is 10.0. The topological polar surface area (TPSA) is 103 Å². The highest BCUT2D eigenvalue weighted by Gasteiger charge is 2.30. The number of benzene rings is 1. The molecular formula is C20H22N3O5S+. The summed E-state index contributed by atoms with van der Waals surface area (Å²) in [5.74, 6) is -0.875. The van der Waals surface area contributed by atoms with E-state index in [2.05, 4.69) is 12.2 Å². The predicted molar refractivity (Wildman–Crippen MR) is 110 cm³/mol. The summed E-state index contributed by atoms with van der Waals surface area (Å²) in [5, 5.41) is 14.1. The Labute approximate surface area is 171 Å². The lowest BCUT2D eigenvalue weighted by Crippen LogP contribution is -3.11. The van der Waals surface area contributed by atoms with Gasteiger partial charge < -0.3 is 15.0 Å². The summed E-state index contributed by atoms with van der Waals surface area (Å²) in [5.41, 5.74) is 1.88. The van der Waals surface area contributed by atoms with Crippen LogP contribution < -0.4 is 10.2 Å². The average molecular weight is 416 g/mol.